The maximum absolute atomic E-state index is 12.4. The lowest BCUT2D eigenvalue weighted by atomic mass is 10.0. The molecule has 0 radical (unpaired) electrons. The zero-order chi connectivity index (χ0) is 13.9. The number of hydrogen-bond donors (Lipinski definition) is 0. The van der Waals surface area contributed by atoms with E-state index in [1.165, 1.54) is 18.4 Å². The lowest BCUT2D eigenvalue weighted by molar-refractivity contribution is -0.137. The van der Waals surface area contributed by atoms with Crippen molar-refractivity contribution in [3.63, 3.8) is 0 Å². The van der Waals surface area contributed by atoms with Crippen LogP contribution in [0, 0.1) is 0 Å². The van der Waals surface area contributed by atoms with Crippen LogP contribution in [0.1, 0.15) is 28.1 Å². The molecule has 2 rings (SSSR count). The number of alkyl halides is 3. The average Bonchev–Trinajstić information content (AvgIpc) is 2.88. The molecule has 0 aliphatic carbocycles. The number of furan rings is 1. The molecule has 1 heterocycles. The second kappa shape index (κ2) is 5.30. The SMILES string of the molecule is O=C(CCc1ccco1)c1ccc(C(F)(F)F)cc1. The van der Waals surface area contributed by atoms with Crippen LogP contribution in [0.25, 0.3) is 0 Å². The first-order chi connectivity index (χ1) is 8.97. The summed E-state index contributed by atoms with van der Waals surface area (Å²) in [7, 11) is 0. The lowest BCUT2D eigenvalue weighted by Crippen LogP contribution is -2.06. The van der Waals surface area contributed by atoms with Gasteiger partial charge in [0.15, 0.2) is 5.78 Å². The van der Waals surface area contributed by atoms with Gasteiger partial charge in [-0.2, -0.15) is 13.2 Å². The van der Waals surface area contributed by atoms with Gasteiger partial charge in [0.05, 0.1) is 11.8 Å². The summed E-state index contributed by atoms with van der Waals surface area (Å²) in [6, 6.07) is 7.71. The van der Waals surface area contributed by atoms with Gasteiger partial charge in [-0.05, 0) is 24.3 Å². The molecule has 2 aromatic rings. The summed E-state index contributed by atoms with van der Waals surface area (Å²) >= 11 is 0. The number of carbonyl (C=O) groups excluding carboxylic acids is 1. The summed E-state index contributed by atoms with van der Waals surface area (Å²) in [5.41, 5.74) is -0.477. The van der Waals surface area contributed by atoms with Gasteiger partial charge in [0.25, 0.3) is 0 Å². The van der Waals surface area contributed by atoms with Crippen LogP contribution in [-0.2, 0) is 12.6 Å². The van der Waals surface area contributed by atoms with Crippen molar-refractivity contribution in [2.45, 2.75) is 19.0 Å². The Bertz CT molecular complexity index is 539. The van der Waals surface area contributed by atoms with Gasteiger partial charge in [-0.3, -0.25) is 4.79 Å². The van der Waals surface area contributed by atoms with Crippen molar-refractivity contribution in [3.05, 3.63) is 59.5 Å². The highest BCUT2D eigenvalue weighted by atomic mass is 19.4. The minimum absolute atomic E-state index is 0.204. The van der Waals surface area contributed by atoms with E-state index in [0.29, 0.717) is 12.2 Å². The summed E-state index contributed by atoms with van der Waals surface area (Å²) in [5, 5.41) is 0. The molecule has 1 aromatic heterocycles. The fourth-order valence-corrected chi connectivity index (χ4v) is 1.68. The highest BCUT2D eigenvalue weighted by Gasteiger charge is 2.30. The topological polar surface area (TPSA) is 30.2 Å². The number of Topliss-reactive ketones (excluding diaryl/α,β-unsaturated/α-hetero) is 1. The summed E-state index contributed by atoms with van der Waals surface area (Å²) in [5.74, 6) is 0.477. The zero-order valence-electron chi connectivity index (χ0n) is 9.91. The number of hydrogen-bond acceptors (Lipinski definition) is 2. The molecule has 5 heteroatoms. The number of benzene rings is 1. The molecule has 19 heavy (non-hydrogen) atoms. The average molecular weight is 268 g/mol. The summed E-state index contributed by atoms with van der Waals surface area (Å²) < 4.78 is 42.2. The van der Waals surface area contributed by atoms with E-state index >= 15 is 0 Å². The van der Waals surface area contributed by atoms with Crippen molar-refractivity contribution in [2.24, 2.45) is 0 Å². The molecule has 0 unspecified atom stereocenters. The Kier molecular flexibility index (Phi) is 3.74. The predicted octanol–water partition coefficient (Wildman–Crippen LogP) is 4.11. The van der Waals surface area contributed by atoms with E-state index in [1.807, 2.05) is 0 Å². The fourth-order valence-electron chi connectivity index (χ4n) is 1.68. The van der Waals surface area contributed by atoms with E-state index < -0.39 is 11.7 Å². The van der Waals surface area contributed by atoms with E-state index in [0.717, 1.165) is 12.1 Å². The van der Waals surface area contributed by atoms with Gasteiger partial charge in [0.2, 0.25) is 0 Å². The molecule has 0 aliphatic heterocycles. The Morgan fingerprint density at radius 3 is 2.32 bits per heavy atom. The van der Waals surface area contributed by atoms with E-state index in [9.17, 15) is 18.0 Å². The molecule has 100 valence electrons. The predicted molar refractivity (Wildman–Crippen MR) is 62.8 cm³/mol. The van der Waals surface area contributed by atoms with Crippen molar-refractivity contribution in [3.8, 4) is 0 Å². The molecule has 0 fully saturated rings. The molecule has 2 nitrogen and oxygen atoms in total. The third-order valence-corrected chi connectivity index (χ3v) is 2.71. The first-order valence-electron chi connectivity index (χ1n) is 5.69. The largest absolute Gasteiger partial charge is 0.469 e. The molecule has 0 saturated carbocycles. The van der Waals surface area contributed by atoms with Crippen molar-refractivity contribution < 1.29 is 22.4 Å². The van der Waals surface area contributed by atoms with E-state index in [2.05, 4.69) is 0 Å². The molecule has 0 aliphatic rings. The van der Waals surface area contributed by atoms with Crippen LogP contribution in [0.4, 0.5) is 13.2 Å². The number of halogens is 3. The van der Waals surface area contributed by atoms with Crippen LogP contribution in [0.2, 0.25) is 0 Å². The summed E-state index contributed by atoms with van der Waals surface area (Å²) in [6.45, 7) is 0. The molecular formula is C14H11F3O2. The highest BCUT2D eigenvalue weighted by Crippen LogP contribution is 2.29. The number of carbonyl (C=O) groups is 1. The molecular weight excluding hydrogens is 257 g/mol. The first kappa shape index (κ1) is 13.4. The number of ketones is 1. The van der Waals surface area contributed by atoms with E-state index in [1.54, 1.807) is 12.1 Å². The molecule has 0 spiro atoms. The Labute approximate surface area is 107 Å². The standard InChI is InChI=1S/C14H11F3O2/c15-14(16,17)11-5-3-10(4-6-11)13(18)8-7-12-2-1-9-19-12/h1-6,9H,7-8H2. The maximum atomic E-state index is 12.4. The van der Waals surface area contributed by atoms with Gasteiger partial charge < -0.3 is 4.42 Å². The zero-order valence-corrected chi connectivity index (χ0v) is 9.91. The third-order valence-electron chi connectivity index (χ3n) is 2.71. The molecule has 0 bridgehead atoms. The molecule has 0 N–H and O–H groups in total. The highest BCUT2D eigenvalue weighted by molar-refractivity contribution is 5.96. The van der Waals surface area contributed by atoms with Gasteiger partial charge in [0.1, 0.15) is 5.76 Å². The monoisotopic (exact) mass is 268 g/mol. The van der Waals surface area contributed by atoms with Crippen LogP contribution < -0.4 is 0 Å². The maximum Gasteiger partial charge on any atom is 0.416 e. The first-order valence-corrected chi connectivity index (χ1v) is 5.69. The normalized spacial score (nSPS) is 11.5. The molecule has 0 amide bonds. The molecule has 0 saturated heterocycles. The van der Waals surface area contributed by atoms with Gasteiger partial charge in [-0.25, -0.2) is 0 Å². The molecule has 1 aromatic carbocycles. The number of rotatable bonds is 4. The minimum atomic E-state index is -4.38. The smallest absolute Gasteiger partial charge is 0.416 e. The van der Waals surface area contributed by atoms with Crippen molar-refractivity contribution in [2.75, 3.05) is 0 Å². The van der Waals surface area contributed by atoms with Gasteiger partial charge in [0, 0.05) is 18.4 Å². The summed E-state index contributed by atoms with van der Waals surface area (Å²) in [4.78, 5) is 11.8. The summed E-state index contributed by atoms with van der Waals surface area (Å²) in [6.07, 6.45) is -2.22. The van der Waals surface area contributed by atoms with E-state index in [-0.39, 0.29) is 17.8 Å². The Hall–Kier alpha value is -2.04. The molecule has 0 atom stereocenters. The van der Waals surface area contributed by atoms with Crippen molar-refractivity contribution in [1.82, 2.24) is 0 Å². The second-order valence-corrected chi connectivity index (χ2v) is 4.08. The van der Waals surface area contributed by atoms with Gasteiger partial charge in [-0.1, -0.05) is 12.1 Å². The quantitative estimate of drug-likeness (QED) is 0.781. The Balaban J connectivity index is 2.00. The fraction of sp³-hybridized carbons (Fsp3) is 0.214. The Morgan fingerprint density at radius 2 is 1.79 bits per heavy atom. The van der Waals surface area contributed by atoms with Crippen LogP contribution in [0.3, 0.4) is 0 Å². The van der Waals surface area contributed by atoms with Crippen LogP contribution in [0.15, 0.2) is 47.1 Å². The minimum Gasteiger partial charge on any atom is -0.469 e. The lowest BCUT2D eigenvalue weighted by Gasteiger charge is -2.07. The third kappa shape index (κ3) is 3.47. The number of aryl methyl sites for hydroxylation is 1. The Morgan fingerprint density at radius 1 is 1.11 bits per heavy atom. The van der Waals surface area contributed by atoms with E-state index in [4.69, 9.17) is 4.42 Å². The van der Waals surface area contributed by atoms with Crippen LogP contribution in [0.5, 0.6) is 0 Å². The van der Waals surface area contributed by atoms with Gasteiger partial charge >= 0.3 is 6.18 Å². The van der Waals surface area contributed by atoms with Crippen LogP contribution in [-0.4, -0.2) is 5.78 Å². The van der Waals surface area contributed by atoms with Gasteiger partial charge in [-0.15, -0.1) is 0 Å². The van der Waals surface area contributed by atoms with Crippen molar-refractivity contribution >= 4 is 5.78 Å². The van der Waals surface area contributed by atoms with Crippen LogP contribution >= 0.6 is 0 Å². The second-order valence-electron chi connectivity index (χ2n) is 4.08. The van der Waals surface area contributed by atoms with Crippen molar-refractivity contribution in [1.29, 1.82) is 0 Å².